The highest BCUT2D eigenvalue weighted by atomic mass is 19.1. The van der Waals surface area contributed by atoms with Crippen LogP contribution < -0.4 is 4.90 Å². The molecule has 2 aromatic heterocycles. The third kappa shape index (κ3) is 4.91. The summed E-state index contributed by atoms with van der Waals surface area (Å²) in [7, 11) is 3.69. The second kappa shape index (κ2) is 9.45. The predicted molar refractivity (Wildman–Crippen MR) is 119 cm³/mol. The van der Waals surface area contributed by atoms with Crippen molar-refractivity contribution in [3.63, 3.8) is 0 Å². The lowest BCUT2D eigenvalue weighted by molar-refractivity contribution is 0.316. The Labute approximate surface area is 178 Å². The molecular weight excluding hydrogens is 377 g/mol. The van der Waals surface area contributed by atoms with Gasteiger partial charge in [0, 0.05) is 51.6 Å². The molecule has 0 unspecified atom stereocenters. The maximum atomic E-state index is 14.5. The first-order chi connectivity index (χ1) is 14.6. The van der Waals surface area contributed by atoms with Gasteiger partial charge >= 0.3 is 0 Å². The Balaban J connectivity index is 1.55. The molecule has 1 fully saturated rings. The fourth-order valence-electron chi connectivity index (χ4n) is 4.40. The van der Waals surface area contributed by atoms with E-state index in [2.05, 4.69) is 21.6 Å². The van der Waals surface area contributed by atoms with E-state index in [-0.39, 0.29) is 5.82 Å². The number of hydrogen-bond donors (Lipinski definition) is 0. The van der Waals surface area contributed by atoms with Crippen LogP contribution in [0.4, 0.5) is 10.1 Å². The second-order valence-corrected chi connectivity index (χ2v) is 8.60. The first kappa shape index (κ1) is 20.6. The quantitative estimate of drug-likeness (QED) is 0.515. The lowest BCUT2D eigenvalue weighted by Crippen LogP contribution is -2.14. The molecule has 1 aromatic carbocycles. The molecule has 1 aliphatic rings. The molecule has 2 heterocycles. The van der Waals surface area contributed by atoms with Crippen LogP contribution in [0.3, 0.4) is 0 Å². The van der Waals surface area contributed by atoms with Crippen LogP contribution in [0.15, 0.2) is 42.7 Å². The molecule has 1 aliphatic carbocycles. The second-order valence-electron chi connectivity index (χ2n) is 8.60. The molecule has 30 heavy (non-hydrogen) atoms. The van der Waals surface area contributed by atoms with E-state index in [1.807, 2.05) is 32.3 Å². The Hall–Kier alpha value is -2.63. The minimum absolute atomic E-state index is 0.245. The van der Waals surface area contributed by atoms with E-state index in [4.69, 9.17) is 10.1 Å². The lowest BCUT2D eigenvalue weighted by atomic mass is 9.87. The van der Waals surface area contributed by atoms with Gasteiger partial charge in [-0.25, -0.2) is 14.1 Å². The van der Waals surface area contributed by atoms with Crippen molar-refractivity contribution >= 4 is 5.69 Å². The standard InChI is InChI=1S/C24H32FN5/c1-28(2)22-11-10-20(18-21(22)25)24-26-23(13-16-29-14-6-7-15-29)30(27-24)17-12-19-8-4-3-5-9-19/h6-7,10-11,14-15,18-19H,3-5,8-9,12-13,16-17H2,1-2H3. The number of hydrogen-bond acceptors (Lipinski definition) is 3. The van der Waals surface area contributed by atoms with Gasteiger partial charge in [-0.05, 0) is 42.7 Å². The first-order valence-corrected chi connectivity index (χ1v) is 11.1. The average Bonchev–Trinajstić information content (AvgIpc) is 3.41. The molecule has 160 valence electrons. The highest BCUT2D eigenvalue weighted by Crippen LogP contribution is 2.28. The van der Waals surface area contributed by atoms with Crippen LogP contribution in [0.5, 0.6) is 0 Å². The highest BCUT2D eigenvalue weighted by molar-refractivity contribution is 5.60. The van der Waals surface area contributed by atoms with Gasteiger partial charge in [0.25, 0.3) is 0 Å². The molecule has 3 aromatic rings. The molecule has 0 radical (unpaired) electrons. The van der Waals surface area contributed by atoms with Crippen molar-refractivity contribution in [1.82, 2.24) is 19.3 Å². The van der Waals surface area contributed by atoms with E-state index in [1.165, 1.54) is 32.1 Å². The minimum atomic E-state index is -0.245. The Morgan fingerprint density at radius 3 is 2.53 bits per heavy atom. The van der Waals surface area contributed by atoms with Crippen LogP contribution >= 0.6 is 0 Å². The maximum absolute atomic E-state index is 14.5. The van der Waals surface area contributed by atoms with Crippen LogP contribution in [-0.2, 0) is 19.5 Å². The van der Waals surface area contributed by atoms with E-state index in [9.17, 15) is 4.39 Å². The molecule has 5 nitrogen and oxygen atoms in total. The minimum Gasteiger partial charge on any atom is -0.375 e. The Kier molecular flexibility index (Phi) is 6.50. The normalized spacial score (nSPS) is 14.9. The largest absolute Gasteiger partial charge is 0.375 e. The van der Waals surface area contributed by atoms with Crippen molar-refractivity contribution in [3.8, 4) is 11.4 Å². The van der Waals surface area contributed by atoms with Crippen LogP contribution in [0.1, 0.15) is 44.3 Å². The molecule has 0 spiro atoms. The van der Waals surface area contributed by atoms with Gasteiger partial charge in [0.05, 0.1) is 5.69 Å². The molecule has 0 aliphatic heterocycles. The summed E-state index contributed by atoms with van der Waals surface area (Å²) >= 11 is 0. The topological polar surface area (TPSA) is 38.9 Å². The fourth-order valence-corrected chi connectivity index (χ4v) is 4.40. The molecule has 6 heteroatoms. The third-order valence-corrected chi connectivity index (χ3v) is 6.17. The lowest BCUT2D eigenvalue weighted by Gasteiger charge is -2.21. The zero-order valence-corrected chi connectivity index (χ0v) is 18.1. The van der Waals surface area contributed by atoms with Crippen LogP contribution in [0.2, 0.25) is 0 Å². The fraction of sp³-hybridized carbons (Fsp3) is 0.500. The van der Waals surface area contributed by atoms with Crippen molar-refractivity contribution < 1.29 is 4.39 Å². The molecule has 0 saturated heterocycles. The summed E-state index contributed by atoms with van der Waals surface area (Å²) in [5.41, 5.74) is 1.31. The molecule has 4 rings (SSSR count). The molecule has 0 atom stereocenters. The van der Waals surface area contributed by atoms with Gasteiger partial charge in [-0.3, -0.25) is 0 Å². The third-order valence-electron chi connectivity index (χ3n) is 6.17. The first-order valence-electron chi connectivity index (χ1n) is 11.1. The van der Waals surface area contributed by atoms with Crippen molar-refractivity contribution in [2.24, 2.45) is 5.92 Å². The van der Waals surface area contributed by atoms with E-state index in [0.29, 0.717) is 11.5 Å². The zero-order valence-electron chi connectivity index (χ0n) is 18.1. The van der Waals surface area contributed by atoms with Crippen LogP contribution in [0.25, 0.3) is 11.4 Å². The van der Waals surface area contributed by atoms with Gasteiger partial charge in [0.15, 0.2) is 5.82 Å². The molecule has 1 saturated carbocycles. The number of aryl methyl sites for hydroxylation is 3. The van der Waals surface area contributed by atoms with Crippen molar-refractivity contribution in [3.05, 3.63) is 54.4 Å². The molecule has 0 bridgehead atoms. The summed E-state index contributed by atoms with van der Waals surface area (Å²) in [5.74, 6) is 2.14. The zero-order chi connectivity index (χ0) is 20.9. The molecule has 0 amide bonds. The average molecular weight is 410 g/mol. The summed E-state index contributed by atoms with van der Waals surface area (Å²) in [6, 6.07) is 9.33. The SMILES string of the molecule is CN(C)c1ccc(-c2nc(CCn3cccc3)n(CCC3CCCCC3)n2)cc1F. The monoisotopic (exact) mass is 409 g/mol. The summed E-state index contributed by atoms with van der Waals surface area (Å²) in [6.07, 6.45) is 12.8. The van der Waals surface area contributed by atoms with Gasteiger partial charge in [-0.1, -0.05) is 32.1 Å². The number of halogens is 1. The van der Waals surface area contributed by atoms with Crippen molar-refractivity contribution in [1.29, 1.82) is 0 Å². The van der Waals surface area contributed by atoms with E-state index < -0.39 is 0 Å². The summed E-state index contributed by atoms with van der Waals surface area (Å²) in [4.78, 5) is 6.59. The maximum Gasteiger partial charge on any atom is 0.181 e. The predicted octanol–water partition coefficient (Wildman–Crippen LogP) is 5.16. The molecule has 0 N–H and O–H groups in total. The number of nitrogens with zero attached hydrogens (tertiary/aromatic N) is 5. The van der Waals surface area contributed by atoms with Crippen LogP contribution in [-0.4, -0.2) is 33.4 Å². The van der Waals surface area contributed by atoms with Gasteiger partial charge in [-0.15, -0.1) is 0 Å². The van der Waals surface area contributed by atoms with Gasteiger partial charge in [-0.2, -0.15) is 5.10 Å². The van der Waals surface area contributed by atoms with Gasteiger partial charge < -0.3 is 9.47 Å². The Morgan fingerprint density at radius 2 is 1.83 bits per heavy atom. The van der Waals surface area contributed by atoms with Crippen LogP contribution in [0, 0.1) is 11.7 Å². The summed E-state index contributed by atoms with van der Waals surface area (Å²) in [5, 5.41) is 4.80. The van der Waals surface area contributed by atoms with Crippen molar-refractivity contribution in [2.75, 3.05) is 19.0 Å². The van der Waals surface area contributed by atoms with Gasteiger partial charge in [0.1, 0.15) is 11.6 Å². The van der Waals surface area contributed by atoms with E-state index in [0.717, 1.165) is 43.2 Å². The molecular formula is C24H32FN5. The summed E-state index contributed by atoms with van der Waals surface area (Å²) in [6.45, 7) is 1.75. The number of rotatable bonds is 8. The smallest absolute Gasteiger partial charge is 0.181 e. The van der Waals surface area contributed by atoms with Gasteiger partial charge in [0.2, 0.25) is 0 Å². The summed E-state index contributed by atoms with van der Waals surface area (Å²) < 4.78 is 18.7. The van der Waals surface area contributed by atoms with E-state index >= 15 is 0 Å². The Bertz CT molecular complexity index is 939. The highest BCUT2D eigenvalue weighted by Gasteiger charge is 2.17. The Morgan fingerprint density at radius 1 is 1.07 bits per heavy atom. The van der Waals surface area contributed by atoms with E-state index in [1.54, 1.807) is 17.0 Å². The number of aromatic nitrogens is 4. The number of benzene rings is 1. The van der Waals surface area contributed by atoms with Crippen molar-refractivity contribution in [2.45, 2.75) is 58.0 Å². The number of anilines is 1.